The van der Waals surface area contributed by atoms with Crippen LogP contribution in [0.4, 0.5) is 0 Å². The molecule has 3 heterocycles. The first-order valence-electron chi connectivity index (χ1n) is 13.6. The number of phenols is 1. The van der Waals surface area contributed by atoms with Crippen molar-refractivity contribution in [3.63, 3.8) is 0 Å². The topological polar surface area (TPSA) is 79.3 Å². The third kappa shape index (κ3) is 5.88. The molecule has 2 saturated heterocycles. The number of carbonyl (C=O) groups is 2. The lowest BCUT2D eigenvalue weighted by Crippen LogP contribution is -2.56. The van der Waals surface area contributed by atoms with E-state index in [1.54, 1.807) is 18.2 Å². The fraction of sp³-hybridized carbons (Fsp3) is 0.655. The predicted molar refractivity (Wildman–Crippen MR) is 140 cm³/mol. The Kier molecular flexibility index (Phi) is 8.28. The number of amides is 1. The van der Waals surface area contributed by atoms with Crippen LogP contribution in [-0.4, -0.2) is 64.7 Å². The van der Waals surface area contributed by atoms with Crippen LogP contribution in [0.25, 0.3) is 6.08 Å². The lowest BCUT2D eigenvalue weighted by atomic mass is 9.83. The normalized spacial score (nSPS) is 24.4. The van der Waals surface area contributed by atoms with Gasteiger partial charge in [0.1, 0.15) is 17.1 Å². The number of likely N-dealkylation sites (tertiary alicyclic amines) is 2. The van der Waals surface area contributed by atoms with Crippen LogP contribution >= 0.6 is 0 Å². The summed E-state index contributed by atoms with van der Waals surface area (Å²) in [4.78, 5) is 29.7. The first kappa shape index (κ1) is 26.5. The van der Waals surface area contributed by atoms with Gasteiger partial charge in [-0.3, -0.25) is 14.5 Å². The van der Waals surface area contributed by atoms with Gasteiger partial charge in [-0.05, 0) is 83.2 Å². The third-order valence-corrected chi connectivity index (χ3v) is 7.54. The summed E-state index contributed by atoms with van der Waals surface area (Å²) in [5.74, 6) is 0.598. The van der Waals surface area contributed by atoms with Crippen molar-refractivity contribution in [3.05, 3.63) is 29.3 Å². The van der Waals surface area contributed by atoms with Gasteiger partial charge in [0.15, 0.2) is 6.10 Å². The number of phenolic OH excluding ortho intramolecular Hbond substituents is 1. The summed E-state index contributed by atoms with van der Waals surface area (Å²) in [5, 5.41) is 11.5. The summed E-state index contributed by atoms with van der Waals surface area (Å²) >= 11 is 0. The fourth-order valence-electron chi connectivity index (χ4n) is 5.67. The van der Waals surface area contributed by atoms with E-state index >= 15 is 0 Å². The number of esters is 1. The molecule has 1 amide bonds. The van der Waals surface area contributed by atoms with E-state index in [0.29, 0.717) is 23.3 Å². The molecule has 4 rings (SSSR count). The van der Waals surface area contributed by atoms with E-state index in [1.165, 1.54) is 6.42 Å². The molecule has 7 nitrogen and oxygen atoms in total. The van der Waals surface area contributed by atoms with Crippen molar-refractivity contribution in [2.24, 2.45) is 5.92 Å². The fourth-order valence-corrected chi connectivity index (χ4v) is 5.67. The summed E-state index contributed by atoms with van der Waals surface area (Å²) in [5.41, 5.74) is 0.443. The number of hydrogen-bond donors (Lipinski definition) is 1. The van der Waals surface area contributed by atoms with Crippen molar-refractivity contribution < 1.29 is 24.2 Å². The first-order chi connectivity index (χ1) is 17.2. The van der Waals surface area contributed by atoms with Gasteiger partial charge in [0.2, 0.25) is 5.91 Å². The van der Waals surface area contributed by atoms with Crippen molar-refractivity contribution in [2.75, 3.05) is 26.2 Å². The van der Waals surface area contributed by atoms with Gasteiger partial charge in [-0.1, -0.05) is 20.3 Å². The molecule has 0 radical (unpaired) electrons. The number of fused-ring (bicyclic) bond motifs is 1. The summed E-state index contributed by atoms with van der Waals surface area (Å²) in [6.07, 6.45) is 9.52. The molecule has 7 heteroatoms. The van der Waals surface area contributed by atoms with Crippen LogP contribution in [0, 0.1) is 5.92 Å². The van der Waals surface area contributed by atoms with E-state index in [2.05, 4.69) is 4.90 Å². The number of rotatable bonds is 6. The van der Waals surface area contributed by atoms with Crippen LogP contribution in [-0.2, 0) is 14.3 Å². The van der Waals surface area contributed by atoms with E-state index < -0.39 is 11.7 Å². The maximum atomic E-state index is 12.8. The summed E-state index contributed by atoms with van der Waals surface area (Å²) in [7, 11) is 0. The van der Waals surface area contributed by atoms with Crippen molar-refractivity contribution in [3.8, 4) is 11.5 Å². The highest BCUT2D eigenvalue weighted by molar-refractivity contribution is 5.92. The highest BCUT2D eigenvalue weighted by Crippen LogP contribution is 2.50. The Labute approximate surface area is 215 Å². The molecule has 0 unspecified atom stereocenters. The van der Waals surface area contributed by atoms with Crippen LogP contribution in [0.15, 0.2) is 18.2 Å². The maximum absolute atomic E-state index is 12.8. The molecule has 1 aromatic carbocycles. The quantitative estimate of drug-likeness (QED) is 0.436. The predicted octanol–water partition coefficient (Wildman–Crippen LogP) is 5.07. The molecule has 3 aliphatic rings. The maximum Gasteiger partial charge on any atom is 0.306 e. The number of nitrogens with zero attached hydrogens (tertiary/aromatic N) is 2. The SMILES string of the molecule is CC(C)CC(=O)O[C@@H]1[C@@H](N2CCCCC2)c2c(ccc(/C=C/C(=O)N3CCCCC3)c2O)OC1(C)C. The molecule has 3 aliphatic heterocycles. The molecule has 0 aliphatic carbocycles. The van der Waals surface area contributed by atoms with Crippen molar-refractivity contribution in [2.45, 2.75) is 90.4 Å². The van der Waals surface area contributed by atoms with E-state index in [4.69, 9.17) is 9.47 Å². The van der Waals surface area contributed by atoms with Gasteiger partial charge in [-0.15, -0.1) is 0 Å². The number of piperidine rings is 2. The van der Waals surface area contributed by atoms with Gasteiger partial charge in [0, 0.05) is 31.1 Å². The number of hydrogen-bond acceptors (Lipinski definition) is 6. The Morgan fingerprint density at radius 1 is 1.08 bits per heavy atom. The molecule has 0 spiro atoms. The number of carbonyl (C=O) groups excluding carboxylic acids is 2. The van der Waals surface area contributed by atoms with Crippen LogP contribution in [0.2, 0.25) is 0 Å². The lowest BCUT2D eigenvalue weighted by molar-refractivity contribution is -0.173. The molecule has 36 heavy (non-hydrogen) atoms. The smallest absolute Gasteiger partial charge is 0.306 e. The molecule has 1 N–H and O–H groups in total. The zero-order valence-electron chi connectivity index (χ0n) is 22.3. The summed E-state index contributed by atoms with van der Waals surface area (Å²) < 4.78 is 12.5. The zero-order chi connectivity index (χ0) is 25.9. The minimum absolute atomic E-state index is 0.0303. The minimum Gasteiger partial charge on any atom is -0.507 e. The number of ether oxygens (including phenoxy) is 2. The second kappa shape index (κ2) is 11.2. The van der Waals surface area contributed by atoms with Crippen LogP contribution in [0.1, 0.15) is 89.8 Å². The van der Waals surface area contributed by atoms with Gasteiger partial charge in [0.05, 0.1) is 11.6 Å². The summed E-state index contributed by atoms with van der Waals surface area (Å²) in [6.45, 7) is 11.2. The standard InChI is InChI=1S/C29H42N2O5/c1-20(2)19-24(33)35-28-26(31-17-9-6-10-18-31)25-22(36-29(28,3)4)13-11-21(27(25)34)12-14-23(32)30-15-7-5-8-16-30/h11-14,20,26,28,34H,5-10,15-19H2,1-4H3/b14-12+/t26-,28+/m0/s1. The molecule has 0 bridgehead atoms. The van der Waals surface area contributed by atoms with Gasteiger partial charge < -0.3 is 19.5 Å². The van der Waals surface area contributed by atoms with Crippen molar-refractivity contribution in [1.29, 1.82) is 0 Å². The lowest BCUT2D eigenvalue weighted by Gasteiger charge is -2.48. The molecule has 0 saturated carbocycles. The van der Waals surface area contributed by atoms with Crippen molar-refractivity contribution >= 4 is 18.0 Å². The van der Waals surface area contributed by atoms with Crippen LogP contribution in [0.3, 0.4) is 0 Å². The van der Waals surface area contributed by atoms with Crippen LogP contribution < -0.4 is 4.74 Å². The minimum atomic E-state index is -0.768. The Hall–Kier alpha value is -2.54. The van der Waals surface area contributed by atoms with Crippen LogP contribution in [0.5, 0.6) is 11.5 Å². The van der Waals surface area contributed by atoms with Crippen molar-refractivity contribution in [1.82, 2.24) is 9.80 Å². The highest BCUT2D eigenvalue weighted by atomic mass is 16.6. The van der Waals surface area contributed by atoms with Gasteiger partial charge in [-0.2, -0.15) is 0 Å². The third-order valence-electron chi connectivity index (χ3n) is 7.54. The Morgan fingerprint density at radius 3 is 2.36 bits per heavy atom. The molecule has 198 valence electrons. The van der Waals surface area contributed by atoms with Gasteiger partial charge >= 0.3 is 5.97 Å². The molecular formula is C29H42N2O5. The van der Waals surface area contributed by atoms with E-state index in [1.807, 2.05) is 38.7 Å². The second-order valence-electron chi connectivity index (χ2n) is 11.4. The Balaban J connectivity index is 1.69. The van der Waals surface area contributed by atoms with E-state index in [9.17, 15) is 14.7 Å². The second-order valence-corrected chi connectivity index (χ2v) is 11.4. The molecule has 2 atom stereocenters. The van der Waals surface area contributed by atoms with E-state index in [0.717, 1.165) is 58.3 Å². The summed E-state index contributed by atoms with van der Waals surface area (Å²) in [6, 6.07) is 3.33. The zero-order valence-corrected chi connectivity index (χ0v) is 22.3. The highest BCUT2D eigenvalue weighted by Gasteiger charge is 2.50. The number of benzene rings is 1. The molecule has 0 aromatic heterocycles. The molecule has 1 aromatic rings. The average molecular weight is 499 g/mol. The van der Waals surface area contributed by atoms with E-state index in [-0.39, 0.29) is 29.6 Å². The van der Waals surface area contributed by atoms with Gasteiger partial charge in [-0.25, -0.2) is 0 Å². The molecule has 2 fully saturated rings. The average Bonchev–Trinajstić information content (AvgIpc) is 2.84. The largest absolute Gasteiger partial charge is 0.507 e. The Bertz CT molecular complexity index is 974. The van der Waals surface area contributed by atoms with Gasteiger partial charge in [0.25, 0.3) is 0 Å². The molecular weight excluding hydrogens is 456 g/mol. The first-order valence-corrected chi connectivity index (χ1v) is 13.6. The Morgan fingerprint density at radius 2 is 1.72 bits per heavy atom. The number of aromatic hydroxyl groups is 1. The monoisotopic (exact) mass is 498 g/mol.